The first kappa shape index (κ1) is 13.8. The number of nitrogens with one attached hydrogen (secondary N) is 1. The zero-order valence-corrected chi connectivity index (χ0v) is 9.29. The summed E-state index contributed by atoms with van der Waals surface area (Å²) in [6.07, 6.45) is 1.56. The van der Waals surface area contributed by atoms with Crippen molar-refractivity contribution in [1.29, 1.82) is 0 Å². The molecule has 0 aromatic heterocycles. The summed E-state index contributed by atoms with van der Waals surface area (Å²) in [5, 5.41) is 12.4. The van der Waals surface area contributed by atoms with Gasteiger partial charge in [-0.15, -0.1) is 0 Å². The molecule has 0 aromatic carbocycles. The zero-order chi connectivity index (χ0) is 10.6. The maximum Gasteiger partial charge on any atom is 0.0700 e. The molecule has 0 radical (unpaired) electrons. The van der Waals surface area contributed by atoms with E-state index in [4.69, 9.17) is 9.47 Å². The highest BCUT2D eigenvalue weighted by atomic mass is 16.5. The van der Waals surface area contributed by atoms with Crippen LogP contribution in [0.4, 0.5) is 0 Å². The van der Waals surface area contributed by atoms with Gasteiger partial charge in [-0.2, -0.15) is 0 Å². The van der Waals surface area contributed by atoms with Gasteiger partial charge in [-0.3, -0.25) is 0 Å². The van der Waals surface area contributed by atoms with E-state index >= 15 is 0 Å². The monoisotopic (exact) mass is 205 g/mol. The van der Waals surface area contributed by atoms with Crippen LogP contribution in [0.15, 0.2) is 0 Å². The van der Waals surface area contributed by atoms with Crippen LogP contribution < -0.4 is 5.32 Å². The Labute approximate surface area is 86.6 Å². The van der Waals surface area contributed by atoms with E-state index in [-0.39, 0.29) is 6.10 Å². The maximum absolute atomic E-state index is 9.22. The third kappa shape index (κ3) is 9.92. The van der Waals surface area contributed by atoms with Crippen LogP contribution in [0.3, 0.4) is 0 Å². The van der Waals surface area contributed by atoms with Crippen molar-refractivity contribution in [1.82, 2.24) is 5.32 Å². The first-order chi connectivity index (χ1) is 6.81. The summed E-state index contributed by atoms with van der Waals surface area (Å²) >= 11 is 0. The summed E-state index contributed by atoms with van der Waals surface area (Å²) in [7, 11) is 1.66. The van der Waals surface area contributed by atoms with Gasteiger partial charge >= 0.3 is 0 Å². The number of methoxy groups -OCH3 is 1. The topological polar surface area (TPSA) is 50.7 Å². The van der Waals surface area contributed by atoms with Crippen molar-refractivity contribution in [2.24, 2.45) is 0 Å². The van der Waals surface area contributed by atoms with Gasteiger partial charge < -0.3 is 19.9 Å². The molecule has 86 valence electrons. The quantitative estimate of drug-likeness (QED) is 0.507. The average molecular weight is 205 g/mol. The molecule has 0 aliphatic heterocycles. The summed E-state index contributed by atoms with van der Waals surface area (Å²) in [5.41, 5.74) is 0. The van der Waals surface area contributed by atoms with E-state index in [1.165, 1.54) is 0 Å². The van der Waals surface area contributed by atoms with Crippen molar-refractivity contribution < 1.29 is 14.6 Å². The van der Waals surface area contributed by atoms with E-state index in [1.54, 1.807) is 7.11 Å². The summed E-state index contributed by atoms with van der Waals surface area (Å²) in [4.78, 5) is 0. The zero-order valence-electron chi connectivity index (χ0n) is 9.29. The summed E-state index contributed by atoms with van der Waals surface area (Å²) in [5.74, 6) is 0. The van der Waals surface area contributed by atoms with Gasteiger partial charge in [-0.25, -0.2) is 0 Å². The predicted octanol–water partition coefficient (Wildman–Crippen LogP) is 0.400. The first-order valence-corrected chi connectivity index (χ1v) is 5.26. The van der Waals surface area contributed by atoms with Gasteiger partial charge in [0.1, 0.15) is 0 Å². The van der Waals surface area contributed by atoms with Crippen LogP contribution >= 0.6 is 0 Å². The molecule has 1 atom stereocenters. The van der Waals surface area contributed by atoms with Crippen LogP contribution in [-0.2, 0) is 9.47 Å². The third-order valence-corrected chi connectivity index (χ3v) is 1.93. The second-order valence-corrected chi connectivity index (χ2v) is 3.22. The number of hydrogen-bond acceptors (Lipinski definition) is 4. The molecule has 4 heteroatoms. The lowest BCUT2D eigenvalue weighted by Crippen LogP contribution is -2.27. The predicted molar refractivity (Wildman–Crippen MR) is 56.5 cm³/mol. The van der Waals surface area contributed by atoms with E-state index in [0.29, 0.717) is 19.8 Å². The van der Waals surface area contributed by atoms with Crippen molar-refractivity contribution in [3.63, 3.8) is 0 Å². The molecule has 0 amide bonds. The van der Waals surface area contributed by atoms with Gasteiger partial charge in [0.25, 0.3) is 0 Å². The van der Waals surface area contributed by atoms with Crippen LogP contribution in [0.5, 0.6) is 0 Å². The average Bonchev–Trinajstić information content (AvgIpc) is 2.21. The van der Waals surface area contributed by atoms with Gasteiger partial charge in [-0.05, 0) is 19.4 Å². The number of aliphatic hydroxyl groups excluding tert-OH is 1. The second-order valence-electron chi connectivity index (χ2n) is 3.22. The van der Waals surface area contributed by atoms with E-state index in [2.05, 4.69) is 5.32 Å². The molecule has 0 aliphatic rings. The highest BCUT2D eigenvalue weighted by Gasteiger charge is 1.98. The van der Waals surface area contributed by atoms with Crippen LogP contribution in [-0.4, -0.2) is 51.2 Å². The van der Waals surface area contributed by atoms with E-state index in [1.807, 2.05) is 6.92 Å². The minimum Gasteiger partial charge on any atom is -0.392 e. The molecule has 1 unspecified atom stereocenters. The van der Waals surface area contributed by atoms with Gasteiger partial charge in [0.05, 0.1) is 19.3 Å². The van der Waals surface area contributed by atoms with Crippen LogP contribution in [0.25, 0.3) is 0 Å². The molecule has 0 saturated carbocycles. The lowest BCUT2D eigenvalue weighted by Gasteiger charge is -2.09. The molecule has 0 spiro atoms. The lowest BCUT2D eigenvalue weighted by molar-refractivity contribution is 0.0690. The van der Waals surface area contributed by atoms with Crippen molar-refractivity contribution in [2.45, 2.75) is 25.9 Å². The standard InChI is InChI=1S/C10H23NO3/c1-3-10(12)9-11-5-4-6-14-8-7-13-2/h10-12H,3-9H2,1-2H3. The Morgan fingerprint density at radius 2 is 2.07 bits per heavy atom. The fourth-order valence-electron chi connectivity index (χ4n) is 0.957. The normalized spacial score (nSPS) is 13.1. The Kier molecular flexibility index (Phi) is 10.8. The Balaban J connectivity index is 2.92. The Morgan fingerprint density at radius 1 is 1.29 bits per heavy atom. The van der Waals surface area contributed by atoms with E-state index < -0.39 is 0 Å². The lowest BCUT2D eigenvalue weighted by atomic mass is 10.3. The fourth-order valence-corrected chi connectivity index (χ4v) is 0.957. The molecule has 0 aromatic rings. The SMILES string of the molecule is CCC(O)CNCCCOCCOC. The number of aliphatic hydroxyl groups is 1. The second kappa shape index (κ2) is 10.9. The Hall–Kier alpha value is -0.160. The maximum atomic E-state index is 9.22. The van der Waals surface area contributed by atoms with Gasteiger partial charge in [0, 0.05) is 20.3 Å². The van der Waals surface area contributed by atoms with Crippen LogP contribution in [0.2, 0.25) is 0 Å². The van der Waals surface area contributed by atoms with Gasteiger partial charge in [0.2, 0.25) is 0 Å². The molecular weight excluding hydrogens is 182 g/mol. The first-order valence-electron chi connectivity index (χ1n) is 5.26. The smallest absolute Gasteiger partial charge is 0.0700 e. The van der Waals surface area contributed by atoms with Crippen LogP contribution in [0.1, 0.15) is 19.8 Å². The summed E-state index contributed by atoms with van der Waals surface area (Å²) in [6.45, 7) is 5.60. The highest BCUT2D eigenvalue weighted by molar-refractivity contribution is 4.56. The molecule has 4 nitrogen and oxygen atoms in total. The highest BCUT2D eigenvalue weighted by Crippen LogP contribution is 1.87. The molecular formula is C10H23NO3. The molecule has 14 heavy (non-hydrogen) atoms. The van der Waals surface area contributed by atoms with Crippen molar-refractivity contribution in [3.05, 3.63) is 0 Å². The number of rotatable bonds is 10. The third-order valence-electron chi connectivity index (χ3n) is 1.93. The van der Waals surface area contributed by atoms with Crippen LogP contribution in [0, 0.1) is 0 Å². The molecule has 0 bridgehead atoms. The van der Waals surface area contributed by atoms with Crippen molar-refractivity contribution in [3.8, 4) is 0 Å². The molecule has 0 rings (SSSR count). The van der Waals surface area contributed by atoms with Gasteiger partial charge in [0.15, 0.2) is 0 Å². The van der Waals surface area contributed by atoms with E-state index in [9.17, 15) is 5.11 Å². The minimum absolute atomic E-state index is 0.218. The molecule has 2 N–H and O–H groups in total. The fraction of sp³-hybridized carbons (Fsp3) is 1.00. The number of hydrogen-bond donors (Lipinski definition) is 2. The summed E-state index contributed by atoms with van der Waals surface area (Å²) < 4.78 is 10.1. The Morgan fingerprint density at radius 3 is 2.71 bits per heavy atom. The van der Waals surface area contributed by atoms with Crippen molar-refractivity contribution in [2.75, 3.05) is 40.0 Å². The van der Waals surface area contributed by atoms with E-state index in [0.717, 1.165) is 26.0 Å². The number of ether oxygens (including phenoxy) is 2. The molecule has 0 heterocycles. The summed E-state index contributed by atoms with van der Waals surface area (Å²) in [6, 6.07) is 0. The van der Waals surface area contributed by atoms with Crippen molar-refractivity contribution >= 4 is 0 Å². The largest absolute Gasteiger partial charge is 0.392 e. The van der Waals surface area contributed by atoms with Gasteiger partial charge in [-0.1, -0.05) is 6.92 Å². The molecule has 0 fully saturated rings. The Bertz CT molecular complexity index is 112. The molecule has 0 aliphatic carbocycles. The molecule has 0 saturated heterocycles. The minimum atomic E-state index is -0.218.